The average molecular weight is 245 g/mol. The van der Waals surface area contributed by atoms with Gasteiger partial charge in [-0.2, -0.15) is 0 Å². The van der Waals surface area contributed by atoms with Gasteiger partial charge in [-0.05, 0) is 41.5 Å². The summed E-state index contributed by atoms with van der Waals surface area (Å²) >= 11 is 5.84. The second kappa shape index (κ2) is 5.15. The van der Waals surface area contributed by atoms with Crippen molar-refractivity contribution in [2.45, 2.75) is 27.2 Å². The van der Waals surface area contributed by atoms with Crippen molar-refractivity contribution in [3.8, 4) is 0 Å². The van der Waals surface area contributed by atoms with E-state index in [1.807, 2.05) is 20.8 Å². The van der Waals surface area contributed by atoms with Crippen LogP contribution in [0.2, 0.25) is 5.02 Å². The van der Waals surface area contributed by atoms with E-state index < -0.39 is 0 Å². The minimum atomic E-state index is -0.314. The Hall–Kier alpha value is -0.600. The molecule has 0 aliphatic heterocycles. The highest BCUT2D eigenvalue weighted by atomic mass is 35.5. The lowest BCUT2D eigenvalue weighted by atomic mass is 9.75. The zero-order valence-electron chi connectivity index (χ0n) is 9.93. The SMILES string of the molecule is CC(C)C(C)(CO)Cc1cc(Cl)ccc1F. The fraction of sp³-hybridized carbons (Fsp3) is 0.538. The molecule has 0 amide bonds. The zero-order valence-corrected chi connectivity index (χ0v) is 10.7. The minimum absolute atomic E-state index is 0.0383. The third-order valence-corrected chi connectivity index (χ3v) is 3.59. The van der Waals surface area contributed by atoms with Gasteiger partial charge >= 0.3 is 0 Å². The highest BCUT2D eigenvalue weighted by Gasteiger charge is 2.28. The largest absolute Gasteiger partial charge is 0.396 e. The summed E-state index contributed by atoms with van der Waals surface area (Å²) in [6.07, 6.45) is 0.494. The molecule has 90 valence electrons. The summed E-state index contributed by atoms with van der Waals surface area (Å²) in [4.78, 5) is 0. The Bertz CT molecular complexity index is 365. The molecule has 1 aromatic carbocycles. The molecule has 1 N–H and O–H groups in total. The molecule has 1 rings (SSSR count). The first-order valence-corrected chi connectivity index (χ1v) is 5.81. The van der Waals surface area contributed by atoms with Crippen molar-refractivity contribution in [3.05, 3.63) is 34.6 Å². The third kappa shape index (κ3) is 2.96. The monoisotopic (exact) mass is 244 g/mol. The van der Waals surface area contributed by atoms with Crippen LogP contribution >= 0.6 is 11.6 Å². The smallest absolute Gasteiger partial charge is 0.126 e. The van der Waals surface area contributed by atoms with E-state index in [0.717, 1.165) is 0 Å². The predicted molar refractivity (Wildman–Crippen MR) is 65.1 cm³/mol. The normalized spacial score (nSPS) is 15.2. The van der Waals surface area contributed by atoms with Crippen LogP contribution in [-0.4, -0.2) is 11.7 Å². The number of hydrogen-bond donors (Lipinski definition) is 1. The quantitative estimate of drug-likeness (QED) is 0.857. The van der Waals surface area contributed by atoms with E-state index in [0.29, 0.717) is 17.0 Å². The molecular formula is C13H18ClFO. The minimum Gasteiger partial charge on any atom is -0.396 e. The van der Waals surface area contributed by atoms with Crippen LogP contribution < -0.4 is 0 Å². The van der Waals surface area contributed by atoms with Crippen LogP contribution in [0.1, 0.15) is 26.3 Å². The van der Waals surface area contributed by atoms with E-state index >= 15 is 0 Å². The molecule has 0 saturated heterocycles. The molecule has 1 atom stereocenters. The highest BCUT2D eigenvalue weighted by molar-refractivity contribution is 6.30. The number of aliphatic hydroxyl groups is 1. The highest BCUT2D eigenvalue weighted by Crippen LogP contribution is 2.32. The zero-order chi connectivity index (χ0) is 12.3. The van der Waals surface area contributed by atoms with Crippen molar-refractivity contribution in [1.82, 2.24) is 0 Å². The molecule has 3 heteroatoms. The molecule has 0 heterocycles. The first-order chi connectivity index (χ1) is 7.39. The van der Waals surface area contributed by atoms with Crippen LogP contribution in [-0.2, 0) is 6.42 Å². The fourth-order valence-electron chi connectivity index (χ4n) is 1.56. The van der Waals surface area contributed by atoms with Crippen molar-refractivity contribution in [1.29, 1.82) is 0 Å². The van der Waals surface area contributed by atoms with Crippen LogP contribution in [0.15, 0.2) is 18.2 Å². The number of hydrogen-bond acceptors (Lipinski definition) is 1. The van der Waals surface area contributed by atoms with Crippen LogP contribution in [0.25, 0.3) is 0 Å². The van der Waals surface area contributed by atoms with Gasteiger partial charge in [-0.1, -0.05) is 32.4 Å². The van der Waals surface area contributed by atoms with Gasteiger partial charge in [0, 0.05) is 11.6 Å². The number of halogens is 2. The van der Waals surface area contributed by atoms with E-state index in [2.05, 4.69) is 0 Å². The predicted octanol–water partition coefficient (Wildman–Crippen LogP) is 3.68. The molecule has 16 heavy (non-hydrogen) atoms. The number of aliphatic hydroxyl groups excluding tert-OH is 1. The molecule has 1 unspecified atom stereocenters. The molecule has 0 bridgehead atoms. The first kappa shape index (κ1) is 13.5. The maximum Gasteiger partial charge on any atom is 0.126 e. The Morgan fingerprint density at radius 1 is 1.44 bits per heavy atom. The second-order valence-electron chi connectivity index (χ2n) is 4.88. The summed E-state index contributed by atoms with van der Waals surface area (Å²) in [5.74, 6) is 0.0145. The average Bonchev–Trinajstić information content (AvgIpc) is 2.23. The van der Waals surface area contributed by atoms with Gasteiger partial charge in [0.2, 0.25) is 0 Å². The third-order valence-electron chi connectivity index (χ3n) is 3.36. The molecular weight excluding hydrogens is 227 g/mol. The lowest BCUT2D eigenvalue weighted by Crippen LogP contribution is -2.30. The van der Waals surface area contributed by atoms with E-state index in [-0.39, 0.29) is 23.8 Å². The molecule has 0 aliphatic rings. The van der Waals surface area contributed by atoms with Crippen molar-refractivity contribution < 1.29 is 9.50 Å². The van der Waals surface area contributed by atoms with Gasteiger partial charge in [-0.15, -0.1) is 0 Å². The van der Waals surface area contributed by atoms with Crippen LogP contribution in [0, 0.1) is 17.2 Å². The van der Waals surface area contributed by atoms with Crippen LogP contribution in [0.5, 0.6) is 0 Å². The summed E-state index contributed by atoms with van der Waals surface area (Å²) in [6, 6.07) is 4.54. The van der Waals surface area contributed by atoms with E-state index in [1.54, 1.807) is 6.07 Å². The van der Waals surface area contributed by atoms with E-state index in [4.69, 9.17) is 11.6 Å². The molecule has 0 radical (unpaired) electrons. The Morgan fingerprint density at radius 2 is 2.06 bits per heavy atom. The van der Waals surface area contributed by atoms with Gasteiger partial charge in [0.25, 0.3) is 0 Å². The Kier molecular flexibility index (Phi) is 4.34. The van der Waals surface area contributed by atoms with Gasteiger partial charge in [0.05, 0.1) is 0 Å². The van der Waals surface area contributed by atoms with Crippen molar-refractivity contribution in [2.24, 2.45) is 11.3 Å². The van der Waals surface area contributed by atoms with Crippen LogP contribution in [0.3, 0.4) is 0 Å². The van der Waals surface area contributed by atoms with E-state index in [1.165, 1.54) is 12.1 Å². The summed E-state index contributed by atoms with van der Waals surface area (Å²) < 4.78 is 13.6. The molecule has 0 spiro atoms. The molecule has 1 aromatic rings. The maximum absolute atomic E-state index is 13.6. The molecule has 0 aliphatic carbocycles. The summed E-state index contributed by atoms with van der Waals surface area (Å²) in [7, 11) is 0. The Morgan fingerprint density at radius 3 is 2.56 bits per heavy atom. The van der Waals surface area contributed by atoms with Gasteiger partial charge in [-0.3, -0.25) is 0 Å². The van der Waals surface area contributed by atoms with Gasteiger partial charge in [0.1, 0.15) is 5.82 Å². The Balaban J connectivity index is 2.98. The fourth-order valence-corrected chi connectivity index (χ4v) is 1.75. The Labute approximate surface area is 101 Å². The van der Waals surface area contributed by atoms with E-state index in [9.17, 15) is 9.50 Å². The lowest BCUT2D eigenvalue weighted by molar-refractivity contribution is 0.0939. The molecule has 0 fully saturated rings. The molecule has 0 aromatic heterocycles. The maximum atomic E-state index is 13.6. The molecule has 0 saturated carbocycles. The summed E-state index contributed by atoms with van der Waals surface area (Å²) in [5, 5.41) is 9.95. The number of benzene rings is 1. The van der Waals surface area contributed by atoms with Gasteiger partial charge in [0.15, 0.2) is 0 Å². The summed E-state index contributed by atoms with van der Waals surface area (Å²) in [6.45, 7) is 6.05. The molecule has 1 nitrogen and oxygen atoms in total. The van der Waals surface area contributed by atoms with Crippen molar-refractivity contribution in [2.75, 3.05) is 6.61 Å². The standard InChI is InChI=1S/C13H18ClFO/c1-9(2)13(3,8-16)7-10-6-11(14)4-5-12(10)15/h4-6,9,16H,7-8H2,1-3H3. The van der Waals surface area contributed by atoms with Gasteiger partial charge in [-0.25, -0.2) is 4.39 Å². The van der Waals surface area contributed by atoms with Crippen molar-refractivity contribution >= 4 is 11.6 Å². The number of rotatable bonds is 4. The summed E-state index contributed by atoms with van der Waals surface area (Å²) in [5.41, 5.74) is 0.253. The topological polar surface area (TPSA) is 20.2 Å². The van der Waals surface area contributed by atoms with Crippen molar-refractivity contribution in [3.63, 3.8) is 0 Å². The van der Waals surface area contributed by atoms with Crippen LogP contribution in [0.4, 0.5) is 4.39 Å². The van der Waals surface area contributed by atoms with Gasteiger partial charge < -0.3 is 5.11 Å². The second-order valence-corrected chi connectivity index (χ2v) is 5.32. The lowest BCUT2D eigenvalue weighted by Gasteiger charge is -2.32. The first-order valence-electron chi connectivity index (χ1n) is 5.44.